The van der Waals surface area contributed by atoms with Crippen molar-refractivity contribution in [3.63, 3.8) is 0 Å². The van der Waals surface area contributed by atoms with E-state index in [0.29, 0.717) is 18.6 Å². The molecule has 1 heterocycles. The van der Waals surface area contributed by atoms with E-state index in [1.54, 1.807) is 12.1 Å². The van der Waals surface area contributed by atoms with Gasteiger partial charge in [-0.25, -0.2) is 0 Å². The van der Waals surface area contributed by atoms with Gasteiger partial charge in [0.05, 0.1) is 6.26 Å². The van der Waals surface area contributed by atoms with Crippen molar-refractivity contribution in [2.45, 2.75) is 44.9 Å². The number of nitrogens with one attached hydrogen (secondary N) is 1. The number of aliphatic hydroxyl groups excluding tert-OH is 1. The van der Waals surface area contributed by atoms with Crippen LogP contribution in [0.2, 0.25) is 0 Å². The maximum atomic E-state index is 10.7. The lowest BCUT2D eigenvalue weighted by Gasteiger charge is -2.20. The highest BCUT2D eigenvalue weighted by atomic mass is 16.4. The van der Waals surface area contributed by atoms with Gasteiger partial charge in [0.25, 0.3) is 0 Å². The Kier molecular flexibility index (Phi) is 5.18. The molecule has 0 fully saturated rings. The second-order valence-electron chi connectivity index (χ2n) is 4.41. The van der Waals surface area contributed by atoms with Gasteiger partial charge in [-0.3, -0.25) is 4.79 Å². The molecule has 0 saturated carbocycles. The van der Waals surface area contributed by atoms with Crippen molar-refractivity contribution >= 4 is 5.91 Å². The van der Waals surface area contributed by atoms with E-state index in [9.17, 15) is 9.90 Å². The Morgan fingerprint density at radius 3 is 2.76 bits per heavy atom. The molecular weight excluding hydrogens is 220 g/mol. The Bertz CT molecular complexity index is 338. The first-order chi connectivity index (χ1) is 7.99. The average Bonchev–Trinajstić information content (AvgIpc) is 2.67. The molecule has 17 heavy (non-hydrogen) atoms. The van der Waals surface area contributed by atoms with Gasteiger partial charge < -0.3 is 20.6 Å². The number of carbonyl (C=O) groups is 1. The molecule has 0 radical (unpaired) electrons. The van der Waals surface area contributed by atoms with E-state index in [-0.39, 0.29) is 18.0 Å². The SMILES string of the molecule is CC(CC(N)=O)NC(C)CC(O)c1ccco1. The van der Waals surface area contributed by atoms with E-state index in [4.69, 9.17) is 10.2 Å². The normalized spacial score (nSPS) is 16.4. The fourth-order valence-corrected chi connectivity index (χ4v) is 1.85. The van der Waals surface area contributed by atoms with E-state index >= 15 is 0 Å². The van der Waals surface area contributed by atoms with Crippen LogP contribution >= 0.6 is 0 Å². The predicted octanol–water partition coefficient (Wildman–Crippen LogP) is 0.945. The summed E-state index contributed by atoms with van der Waals surface area (Å²) in [6, 6.07) is 3.56. The molecule has 3 unspecified atom stereocenters. The Morgan fingerprint density at radius 1 is 1.53 bits per heavy atom. The molecule has 0 spiro atoms. The topological polar surface area (TPSA) is 88.5 Å². The molecule has 0 aromatic carbocycles. The molecule has 0 aliphatic rings. The van der Waals surface area contributed by atoms with Gasteiger partial charge in [0.2, 0.25) is 5.91 Å². The molecule has 4 N–H and O–H groups in total. The van der Waals surface area contributed by atoms with E-state index in [1.165, 1.54) is 6.26 Å². The van der Waals surface area contributed by atoms with Gasteiger partial charge in [0, 0.05) is 18.5 Å². The van der Waals surface area contributed by atoms with Crippen LogP contribution in [0.15, 0.2) is 22.8 Å². The summed E-state index contributed by atoms with van der Waals surface area (Å²) in [6.45, 7) is 3.84. The van der Waals surface area contributed by atoms with Gasteiger partial charge in [-0.2, -0.15) is 0 Å². The van der Waals surface area contributed by atoms with Gasteiger partial charge >= 0.3 is 0 Å². The zero-order valence-corrected chi connectivity index (χ0v) is 10.2. The fraction of sp³-hybridized carbons (Fsp3) is 0.583. The van der Waals surface area contributed by atoms with E-state index in [1.807, 2.05) is 13.8 Å². The van der Waals surface area contributed by atoms with Crippen molar-refractivity contribution in [1.82, 2.24) is 5.32 Å². The minimum Gasteiger partial charge on any atom is -0.467 e. The van der Waals surface area contributed by atoms with Crippen molar-refractivity contribution in [2.75, 3.05) is 0 Å². The first-order valence-corrected chi connectivity index (χ1v) is 5.75. The van der Waals surface area contributed by atoms with E-state index in [2.05, 4.69) is 5.32 Å². The minimum atomic E-state index is -0.631. The van der Waals surface area contributed by atoms with E-state index in [0.717, 1.165) is 0 Å². The molecule has 5 nitrogen and oxygen atoms in total. The van der Waals surface area contributed by atoms with Crippen LogP contribution in [0.1, 0.15) is 38.6 Å². The highest BCUT2D eigenvalue weighted by Crippen LogP contribution is 2.18. The predicted molar refractivity (Wildman–Crippen MR) is 64.2 cm³/mol. The highest BCUT2D eigenvalue weighted by Gasteiger charge is 2.16. The maximum absolute atomic E-state index is 10.7. The van der Waals surface area contributed by atoms with Crippen LogP contribution < -0.4 is 11.1 Å². The summed E-state index contributed by atoms with van der Waals surface area (Å²) in [7, 11) is 0. The molecule has 0 bridgehead atoms. The highest BCUT2D eigenvalue weighted by molar-refractivity contribution is 5.74. The van der Waals surface area contributed by atoms with Crippen LogP contribution in [-0.4, -0.2) is 23.1 Å². The summed E-state index contributed by atoms with van der Waals surface area (Å²) in [6.07, 6.45) is 1.72. The third-order valence-electron chi connectivity index (χ3n) is 2.52. The lowest BCUT2D eigenvalue weighted by Crippen LogP contribution is -2.38. The maximum Gasteiger partial charge on any atom is 0.218 e. The van der Waals surface area contributed by atoms with Crippen LogP contribution in [0.4, 0.5) is 0 Å². The van der Waals surface area contributed by atoms with Gasteiger partial charge in [0.15, 0.2) is 0 Å². The molecule has 1 amide bonds. The number of hydrogen-bond acceptors (Lipinski definition) is 4. The lowest BCUT2D eigenvalue weighted by atomic mass is 10.1. The van der Waals surface area contributed by atoms with Crippen molar-refractivity contribution in [3.8, 4) is 0 Å². The number of hydrogen-bond donors (Lipinski definition) is 3. The van der Waals surface area contributed by atoms with Crippen molar-refractivity contribution in [2.24, 2.45) is 5.73 Å². The molecule has 3 atom stereocenters. The van der Waals surface area contributed by atoms with Gasteiger partial charge in [-0.1, -0.05) is 0 Å². The van der Waals surface area contributed by atoms with Crippen LogP contribution in [0.3, 0.4) is 0 Å². The van der Waals surface area contributed by atoms with Crippen LogP contribution in [0, 0.1) is 0 Å². The fourth-order valence-electron chi connectivity index (χ4n) is 1.85. The Balaban J connectivity index is 2.34. The van der Waals surface area contributed by atoms with Crippen LogP contribution in [-0.2, 0) is 4.79 Å². The summed E-state index contributed by atoms with van der Waals surface area (Å²) >= 11 is 0. The van der Waals surface area contributed by atoms with Crippen molar-refractivity contribution in [1.29, 1.82) is 0 Å². The first-order valence-electron chi connectivity index (χ1n) is 5.75. The minimum absolute atomic E-state index is 0.00583. The molecule has 1 aromatic heterocycles. The Hall–Kier alpha value is -1.33. The summed E-state index contributed by atoms with van der Waals surface area (Å²) in [5.41, 5.74) is 5.10. The smallest absolute Gasteiger partial charge is 0.218 e. The number of primary amides is 1. The molecular formula is C12H20N2O3. The third kappa shape index (κ3) is 5.01. The largest absolute Gasteiger partial charge is 0.467 e. The number of nitrogens with two attached hydrogens (primary N) is 1. The monoisotopic (exact) mass is 240 g/mol. The van der Waals surface area contributed by atoms with Gasteiger partial charge in [-0.15, -0.1) is 0 Å². The molecule has 0 aliphatic heterocycles. The number of furan rings is 1. The molecule has 0 saturated heterocycles. The second kappa shape index (κ2) is 6.42. The van der Waals surface area contributed by atoms with Crippen molar-refractivity contribution < 1.29 is 14.3 Å². The van der Waals surface area contributed by atoms with Crippen LogP contribution in [0.25, 0.3) is 0 Å². The third-order valence-corrected chi connectivity index (χ3v) is 2.52. The van der Waals surface area contributed by atoms with Crippen LogP contribution in [0.5, 0.6) is 0 Å². The summed E-state index contributed by atoms with van der Waals surface area (Å²) in [5.74, 6) is 0.227. The standard InChI is InChI=1S/C12H20N2O3/c1-8(14-9(2)7-12(13)16)6-10(15)11-4-3-5-17-11/h3-5,8-10,14-15H,6-7H2,1-2H3,(H2,13,16). The first kappa shape index (κ1) is 13.7. The number of aliphatic hydroxyl groups is 1. The average molecular weight is 240 g/mol. The molecule has 5 heteroatoms. The molecule has 1 rings (SSSR count). The zero-order chi connectivity index (χ0) is 12.8. The Labute approximate surface area is 101 Å². The number of amides is 1. The molecule has 1 aromatic rings. The number of rotatable bonds is 7. The Morgan fingerprint density at radius 2 is 2.24 bits per heavy atom. The zero-order valence-electron chi connectivity index (χ0n) is 10.2. The summed E-state index contributed by atoms with van der Waals surface area (Å²) in [5, 5.41) is 13.1. The number of carbonyl (C=O) groups excluding carboxylic acids is 1. The quantitative estimate of drug-likeness (QED) is 0.662. The second-order valence-corrected chi connectivity index (χ2v) is 4.41. The molecule has 0 aliphatic carbocycles. The summed E-state index contributed by atoms with van der Waals surface area (Å²) in [4.78, 5) is 10.7. The van der Waals surface area contributed by atoms with Gasteiger partial charge in [0.1, 0.15) is 11.9 Å². The lowest BCUT2D eigenvalue weighted by molar-refractivity contribution is -0.118. The van der Waals surface area contributed by atoms with Gasteiger partial charge in [-0.05, 0) is 32.4 Å². The summed E-state index contributed by atoms with van der Waals surface area (Å²) < 4.78 is 5.11. The van der Waals surface area contributed by atoms with Crippen molar-refractivity contribution in [3.05, 3.63) is 24.2 Å². The van der Waals surface area contributed by atoms with E-state index < -0.39 is 6.10 Å². The molecule has 96 valence electrons.